The monoisotopic (exact) mass is 309 g/mol. The summed E-state index contributed by atoms with van der Waals surface area (Å²) in [6.07, 6.45) is 1.99. The number of nitrogens with two attached hydrogens (primary N) is 1. The van der Waals surface area contributed by atoms with Gasteiger partial charge in [0.15, 0.2) is 0 Å². The van der Waals surface area contributed by atoms with Gasteiger partial charge in [-0.1, -0.05) is 19.4 Å². The van der Waals surface area contributed by atoms with Crippen LogP contribution in [0.5, 0.6) is 5.75 Å². The van der Waals surface area contributed by atoms with E-state index >= 15 is 0 Å². The summed E-state index contributed by atoms with van der Waals surface area (Å²) in [5.74, 6) is 0.320. The summed E-state index contributed by atoms with van der Waals surface area (Å²) >= 11 is 0. The highest BCUT2D eigenvalue weighted by atomic mass is 16.5. The minimum absolute atomic E-state index is 0.0825. The number of carbonyl (C=O) groups is 2. The Kier molecular flexibility index (Phi) is 7.18. The lowest BCUT2D eigenvalue weighted by atomic mass is 10.2. The summed E-state index contributed by atoms with van der Waals surface area (Å²) in [5.41, 5.74) is 5.39. The van der Waals surface area contributed by atoms with E-state index in [9.17, 15) is 14.8 Å². The van der Waals surface area contributed by atoms with Gasteiger partial charge in [-0.25, -0.2) is 9.86 Å². The molecule has 0 aromatic heterocycles. The van der Waals surface area contributed by atoms with E-state index in [-0.39, 0.29) is 12.5 Å². The zero-order chi connectivity index (χ0) is 16.5. The molecule has 0 heterocycles. The Bertz CT molecular complexity index is 507. The maximum atomic E-state index is 12.0. The summed E-state index contributed by atoms with van der Waals surface area (Å²) in [5, 5.41) is 12.3. The average molecular weight is 309 g/mol. The standard InChI is InChI=1S/C15H23N3O4/c1-3-4-8-22-13-7-5-6-12(9-13)14(19)17-10-11(2)18(21)15(16)20/h5-7,9,11,21H,3-4,8,10H2,1-2H3,(H2,16,20)(H,17,19). The number of unbranched alkanes of at least 4 members (excludes halogenated alkanes) is 1. The number of carbonyl (C=O) groups excluding carboxylic acids is 2. The van der Waals surface area contributed by atoms with Gasteiger partial charge in [-0.05, 0) is 31.5 Å². The number of ether oxygens (including phenoxy) is 1. The molecule has 1 rings (SSSR count). The Balaban J connectivity index is 2.55. The molecular formula is C15H23N3O4. The van der Waals surface area contributed by atoms with Crippen LogP contribution in [0.25, 0.3) is 0 Å². The predicted molar refractivity (Wildman–Crippen MR) is 81.8 cm³/mol. The highest BCUT2D eigenvalue weighted by Crippen LogP contribution is 2.13. The van der Waals surface area contributed by atoms with E-state index in [4.69, 9.17) is 10.5 Å². The lowest BCUT2D eigenvalue weighted by Crippen LogP contribution is -2.45. The number of hydrogen-bond acceptors (Lipinski definition) is 4. The molecule has 0 aliphatic rings. The van der Waals surface area contributed by atoms with Gasteiger partial charge in [0.2, 0.25) is 0 Å². The SMILES string of the molecule is CCCCOc1cccc(C(=O)NCC(C)N(O)C(N)=O)c1. The van der Waals surface area contributed by atoms with Crippen LogP contribution in [0.2, 0.25) is 0 Å². The number of benzene rings is 1. The number of rotatable bonds is 8. The van der Waals surface area contributed by atoms with Crippen molar-refractivity contribution >= 4 is 11.9 Å². The van der Waals surface area contributed by atoms with Crippen LogP contribution in [0.4, 0.5) is 4.79 Å². The lowest BCUT2D eigenvalue weighted by Gasteiger charge is -2.20. The second kappa shape index (κ2) is 8.89. The van der Waals surface area contributed by atoms with Crippen molar-refractivity contribution in [2.45, 2.75) is 32.7 Å². The molecule has 1 aromatic rings. The zero-order valence-corrected chi connectivity index (χ0v) is 12.9. The van der Waals surface area contributed by atoms with Crippen molar-refractivity contribution in [1.82, 2.24) is 10.4 Å². The topological polar surface area (TPSA) is 105 Å². The fraction of sp³-hybridized carbons (Fsp3) is 0.467. The maximum Gasteiger partial charge on any atom is 0.338 e. The van der Waals surface area contributed by atoms with E-state index in [1.54, 1.807) is 31.2 Å². The molecule has 0 aliphatic carbocycles. The van der Waals surface area contributed by atoms with Gasteiger partial charge in [-0.15, -0.1) is 0 Å². The molecule has 0 bridgehead atoms. The van der Waals surface area contributed by atoms with E-state index in [1.165, 1.54) is 0 Å². The molecule has 4 N–H and O–H groups in total. The second-order valence-corrected chi connectivity index (χ2v) is 4.97. The quantitative estimate of drug-likeness (QED) is 0.386. The van der Waals surface area contributed by atoms with E-state index in [0.717, 1.165) is 12.8 Å². The molecule has 22 heavy (non-hydrogen) atoms. The minimum Gasteiger partial charge on any atom is -0.494 e. The van der Waals surface area contributed by atoms with Crippen LogP contribution in [0.15, 0.2) is 24.3 Å². The fourth-order valence-electron chi connectivity index (χ4n) is 1.71. The predicted octanol–water partition coefficient (Wildman–Crippen LogP) is 1.75. The highest BCUT2D eigenvalue weighted by molar-refractivity contribution is 5.94. The first kappa shape index (κ1) is 17.8. The second-order valence-electron chi connectivity index (χ2n) is 4.97. The smallest absolute Gasteiger partial charge is 0.338 e. The molecule has 122 valence electrons. The van der Waals surface area contributed by atoms with Gasteiger partial charge in [0, 0.05) is 12.1 Å². The third-order valence-corrected chi connectivity index (χ3v) is 3.06. The maximum absolute atomic E-state index is 12.0. The Morgan fingerprint density at radius 3 is 2.82 bits per heavy atom. The van der Waals surface area contributed by atoms with Gasteiger partial charge >= 0.3 is 6.03 Å². The first-order valence-corrected chi connectivity index (χ1v) is 7.24. The van der Waals surface area contributed by atoms with Crippen molar-refractivity contribution in [3.63, 3.8) is 0 Å². The minimum atomic E-state index is -0.965. The van der Waals surface area contributed by atoms with Crippen LogP contribution >= 0.6 is 0 Å². The first-order chi connectivity index (χ1) is 10.5. The molecule has 0 saturated carbocycles. The Labute approximate surface area is 130 Å². The molecule has 0 fully saturated rings. The molecule has 0 radical (unpaired) electrons. The number of primary amides is 1. The van der Waals surface area contributed by atoms with E-state index in [1.807, 2.05) is 0 Å². The Morgan fingerprint density at radius 2 is 2.18 bits per heavy atom. The number of nitrogens with one attached hydrogen (secondary N) is 1. The number of hydrogen-bond donors (Lipinski definition) is 3. The fourth-order valence-corrected chi connectivity index (χ4v) is 1.71. The lowest BCUT2D eigenvalue weighted by molar-refractivity contribution is -0.0682. The van der Waals surface area contributed by atoms with Gasteiger partial charge in [-0.3, -0.25) is 10.0 Å². The molecule has 7 nitrogen and oxygen atoms in total. The van der Waals surface area contributed by atoms with Crippen LogP contribution in [0, 0.1) is 0 Å². The van der Waals surface area contributed by atoms with E-state index in [0.29, 0.717) is 23.0 Å². The van der Waals surface area contributed by atoms with Crippen LogP contribution in [0.3, 0.4) is 0 Å². The number of hydroxylamine groups is 2. The van der Waals surface area contributed by atoms with E-state index < -0.39 is 12.1 Å². The van der Waals surface area contributed by atoms with Crippen LogP contribution < -0.4 is 15.8 Å². The molecule has 1 aromatic carbocycles. The Hall–Kier alpha value is -2.28. The van der Waals surface area contributed by atoms with E-state index in [2.05, 4.69) is 12.2 Å². The summed E-state index contributed by atoms with van der Waals surface area (Å²) in [6.45, 7) is 4.33. The Morgan fingerprint density at radius 1 is 1.45 bits per heavy atom. The highest BCUT2D eigenvalue weighted by Gasteiger charge is 2.16. The molecule has 3 amide bonds. The van der Waals surface area contributed by atoms with Crippen LogP contribution in [-0.2, 0) is 0 Å². The van der Waals surface area contributed by atoms with Crippen LogP contribution in [-0.4, -0.2) is 41.4 Å². The number of amides is 3. The van der Waals surface area contributed by atoms with Gasteiger partial charge in [0.25, 0.3) is 5.91 Å². The third-order valence-electron chi connectivity index (χ3n) is 3.06. The van der Waals surface area contributed by atoms with Gasteiger partial charge in [0.1, 0.15) is 5.75 Å². The van der Waals surface area contributed by atoms with Gasteiger partial charge < -0.3 is 15.8 Å². The summed E-state index contributed by atoms with van der Waals surface area (Å²) in [7, 11) is 0. The van der Waals surface area contributed by atoms with Crippen molar-refractivity contribution in [2.75, 3.05) is 13.2 Å². The molecule has 7 heteroatoms. The van der Waals surface area contributed by atoms with Gasteiger partial charge in [-0.2, -0.15) is 0 Å². The molecule has 0 aliphatic heterocycles. The van der Waals surface area contributed by atoms with Crippen LogP contribution in [0.1, 0.15) is 37.0 Å². The third kappa shape index (κ3) is 5.61. The molecule has 1 atom stereocenters. The van der Waals surface area contributed by atoms with Crippen molar-refractivity contribution in [1.29, 1.82) is 0 Å². The summed E-state index contributed by atoms with van der Waals surface area (Å²) < 4.78 is 5.54. The van der Waals surface area contributed by atoms with Gasteiger partial charge in [0.05, 0.1) is 12.6 Å². The molecular weight excluding hydrogens is 286 g/mol. The van der Waals surface area contributed by atoms with Crippen molar-refractivity contribution in [3.05, 3.63) is 29.8 Å². The largest absolute Gasteiger partial charge is 0.494 e. The normalized spacial score (nSPS) is 11.6. The molecule has 0 spiro atoms. The number of nitrogens with zero attached hydrogens (tertiary/aromatic N) is 1. The molecule has 1 unspecified atom stereocenters. The van der Waals surface area contributed by atoms with Crippen molar-refractivity contribution in [2.24, 2.45) is 5.73 Å². The zero-order valence-electron chi connectivity index (χ0n) is 12.9. The average Bonchev–Trinajstić information content (AvgIpc) is 2.52. The summed E-state index contributed by atoms with van der Waals surface area (Å²) in [4.78, 5) is 22.8. The first-order valence-electron chi connectivity index (χ1n) is 7.24. The van der Waals surface area contributed by atoms with Crippen molar-refractivity contribution in [3.8, 4) is 5.75 Å². The number of urea groups is 1. The molecule has 0 saturated heterocycles. The summed E-state index contributed by atoms with van der Waals surface area (Å²) in [6, 6.07) is 5.26. The van der Waals surface area contributed by atoms with Crippen molar-refractivity contribution < 1.29 is 19.5 Å².